The molecule has 0 atom stereocenters. The van der Waals surface area contributed by atoms with E-state index in [1.54, 1.807) is 0 Å². The molecular weight excluding hydrogens is 190 g/mol. The van der Waals surface area contributed by atoms with Gasteiger partial charge in [-0.3, -0.25) is 4.79 Å². The number of aromatic amines is 1. The molecule has 0 bridgehead atoms. The van der Waals surface area contributed by atoms with Gasteiger partial charge in [-0.25, -0.2) is 4.98 Å². The van der Waals surface area contributed by atoms with Gasteiger partial charge < -0.3 is 10.3 Å². The average molecular weight is 207 g/mol. The SMILES string of the molecule is CC(C)Cc1nc2c(c(=O)[nH]1)CNCC2. The third-order valence-electron chi connectivity index (χ3n) is 2.59. The van der Waals surface area contributed by atoms with Crippen LogP contribution >= 0.6 is 0 Å². The van der Waals surface area contributed by atoms with Gasteiger partial charge in [-0.1, -0.05) is 13.8 Å². The molecular formula is C11H17N3O. The zero-order valence-corrected chi connectivity index (χ0v) is 9.26. The predicted molar refractivity (Wildman–Crippen MR) is 58.8 cm³/mol. The summed E-state index contributed by atoms with van der Waals surface area (Å²) in [5.41, 5.74) is 1.82. The van der Waals surface area contributed by atoms with Crippen molar-refractivity contribution in [3.63, 3.8) is 0 Å². The Labute approximate surface area is 89.1 Å². The summed E-state index contributed by atoms with van der Waals surface area (Å²) in [7, 11) is 0. The lowest BCUT2D eigenvalue weighted by Gasteiger charge is -2.16. The molecule has 4 heteroatoms. The molecule has 1 aliphatic heterocycles. The van der Waals surface area contributed by atoms with Crippen LogP contribution < -0.4 is 10.9 Å². The number of hydrogen-bond donors (Lipinski definition) is 2. The Kier molecular flexibility index (Phi) is 2.86. The van der Waals surface area contributed by atoms with E-state index in [4.69, 9.17) is 0 Å². The topological polar surface area (TPSA) is 57.8 Å². The third-order valence-corrected chi connectivity index (χ3v) is 2.59. The van der Waals surface area contributed by atoms with Crippen LogP contribution in [0.1, 0.15) is 30.9 Å². The first kappa shape index (κ1) is 10.4. The Morgan fingerprint density at radius 3 is 3.00 bits per heavy atom. The second-order valence-corrected chi connectivity index (χ2v) is 4.46. The largest absolute Gasteiger partial charge is 0.312 e. The molecule has 15 heavy (non-hydrogen) atoms. The molecule has 0 saturated heterocycles. The van der Waals surface area contributed by atoms with Crippen LogP contribution in [0, 0.1) is 5.92 Å². The van der Waals surface area contributed by atoms with Crippen molar-refractivity contribution < 1.29 is 0 Å². The molecule has 1 aliphatic rings. The molecule has 0 amide bonds. The Morgan fingerprint density at radius 2 is 2.27 bits per heavy atom. The van der Waals surface area contributed by atoms with Crippen LogP contribution in [0.3, 0.4) is 0 Å². The van der Waals surface area contributed by atoms with E-state index in [0.29, 0.717) is 12.5 Å². The Hall–Kier alpha value is -1.16. The monoisotopic (exact) mass is 207 g/mol. The average Bonchev–Trinajstić information content (AvgIpc) is 2.16. The highest BCUT2D eigenvalue weighted by atomic mass is 16.1. The smallest absolute Gasteiger partial charge is 0.255 e. The first-order valence-electron chi connectivity index (χ1n) is 5.48. The van der Waals surface area contributed by atoms with Gasteiger partial charge in [0.1, 0.15) is 5.82 Å². The van der Waals surface area contributed by atoms with Crippen molar-refractivity contribution in [2.24, 2.45) is 5.92 Å². The maximum Gasteiger partial charge on any atom is 0.255 e. The van der Waals surface area contributed by atoms with Crippen LogP contribution in [0.15, 0.2) is 4.79 Å². The summed E-state index contributed by atoms with van der Waals surface area (Å²) in [6.07, 6.45) is 1.71. The predicted octanol–water partition coefficient (Wildman–Crippen LogP) is 0.614. The zero-order valence-electron chi connectivity index (χ0n) is 9.26. The zero-order chi connectivity index (χ0) is 10.8. The summed E-state index contributed by atoms with van der Waals surface area (Å²) in [5, 5.41) is 3.18. The van der Waals surface area contributed by atoms with Crippen molar-refractivity contribution in [1.29, 1.82) is 0 Å². The van der Waals surface area contributed by atoms with Gasteiger partial charge in [-0.15, -0.1) is 0 Å². The minimum absolute atomic E-state index is 0.0304. The maximum atomic E-state index is 11.7. The molecule has 0 aliphatic carbocycles. The molecule has 1 aromatic heterocycles. The highest BCUT2D eigenvalue weighted by Crippen LogP contribution is 2.08. The second-order valence-electron chi connectivity index (χ2n) is 4.46. The van der Waals surface area contributed by atoms with Crippen LogP contribution in [-0.2, 0) is 19.4 Å². The molecule has 0 spiro atoms. The second kappa shape index (κ2) is 4.14. The molecule has 82 valence electrons. The molecule has 0 saturated carbocycles. The first-order chi connectivity index (χ1) is 7.16. The fraction of sp³-hybridized carbons (Fsp3) is 0.636. The lowest BCUT2D eigenvalue weighted by Crippen LogP contribution is -2.32. The van der Waals surface area contributed by atoms with Gasteiger partial charge in [-0.2, -0.15) is 0 Å². The normalized spacial score (nSPS) is 15.4. The van der Waals surface area contributed by atoms with E-state index in [1.807, 2.05) is 0 Å². The van der Waals surface area contributed by atoms with E-state index in [0.717, 1.165) is 36.5 Å². The van der Waals surface area contributed by atoms with Gasteiger partial charge in [-0.05, 0) is 5.92 Å². The summed E-state index contributed by atoms with van der Waals surface area (Å²) in [5.74, 6) is 1.35. The van der Waals surface area contributed by atoms with Crippen molar-refractivity contribution in [3.05, 3.63) is 27.4 Å². The highest BCUT2D eigenvalue weighted by molar-refractivity contribution is 5.20. The van der Waals surface area contributed by atoms with E-state index >= 15 is 0 Å². The number of nitrogens with one attached hydrogen (secondary N) is 2. The Bertz CT molecular complexity index is 409. The number of hydrogen-bond acceptors (Lipinski definition) is 3. The Morgan fingerprint density at radius 1 is 1.47 bits per heavy atom. The number of rotatable bonds is 2. The molecule has 4 nitrogen and oxygen atoms in total. The molecule has 0 unspecified atom stereocenters. The van der Waals surface area contributed by atoms with Crippen LogP contribution in [0.5, 0.6) is 0 Å². The fourth-order valence-corrected chi connectivity index (χ4v) is 1.89. The maximum absolute atomic E-state index is 11.7. The van der Waals surface area contributed by atoms with Crippen LogP contribution in [-0.4, -0.2) is 16.5 Å². The quantitative estimate of drug-likeness (QED) is 0.747. The summed E-state index contributed by atoms with van der Waals surface area (Å²) >= 11 is 0. The van der Waals surface area contributed by atoms with E-state index in [1.165, 1.54) is 0 Å². The van der Waals surface area contributed by atoms with Crippen molar-refractivity contribution >= 4 is 0 Å². The molecule has 0 aromatic carbocycles. The fourth-order valence-electron chi connectivity index (χ4n) is 1.89. The summed E-state index contributed by atoms with van der Waals surface area (Å²) in [4.78, 5) is 19.1. The van der Waals surface area contributed by atoms with Crippen LogP contribution in [0.4, 0.5) is 0 Å². The number of nitrogens with zero attached hydrogens (tertiary/aromatic N) is 1. The van der Waals surface area contributed by atoms with Crippen molar-refractivity contribution in [2.45, 2.75) is 33.2 Å². The molecule has 2 N–H and O–H groups in total. The summed E-state index contributed by atoms with van der Waals surface area (Å²) in [6.45, 7) is 5.83. The Balaban J connectivity index is 2.36. The van der Waals surface area contributed by atoms with Crippen LogP contribution in [0.25, 0.3) is 0 Å². The number of aromatic nitrogens is 2. The highest BCUT2D eigenvalue weighted by Gasteiger charge is 2.15. The third kappa shape index (κ3) is 2.26. The van der Waals surface area contributed by atoms with Gasteiger partial charge >= 0.3 is 0 Å². The van der Waals surface area contributed by atoms with E-state index in [-0.39, 0.29) is 5.56 Å². The molecule has 0 radical (unpaired) electrons. The summed E-state index contributed by atoms with van der Waals surface area (Å²) < 4.78 is 0. The van der Waals surface area contributed by atoms with Gasteiger partial charge in [0.05, 0.1) is 11.3 Å². The van der Waals surface area contributed by atoms with E-state index < -0.39 is 0 Å². The van der Waals surface area contributed by atoms with Gasteiger partial charge in [0.15, 0.2) is 0 Å². The standard InChI is InChI=1S/C11H17N3O/c1-7(2)5-10-13-9-3-4-12-6-8(9)11(15)14-10/h7,12H,3-6H2,1-2H3,(H,13,14,15). The van der Waals surface area contributed by atoms with Crippen LogP contribution in [0.2, 0.25) is 0 Å². The summed E-state index contributed by atoms with van der Waals surface area (Å²) in [6, 6.07) is 0. The number of fused-ring (bicyclic) bond motifs is 1. The minimum Gasteiger partial charge on any atom is -0.312 e. The minimum atomic E-state index is 0.0304. The first-order valence-corrected chi connectivity index (χ1v) is 5.48. The molecule has 2 rings (SSSR count). The van der Waals surface area contributed by atoms with E-state index in [9.17, 15) is 4.79 Å². The lowest BCUT2D eigenvalue weighted by molar-refractivity contribution is 0.585. The lowest BCUT2D eigenvalue weighted by atomic mass is 10.1. The van der Waals surface area contributed by atoms with Gasteiger partial charge in [0.25, 0.3) is 5.56 Å². The molecule has 2 heterocycles. The van der Waals surface area contributed by atoms with Crippen molar-refractivity contribution in [1.82, 2.24) is 15.3 Å². The molecule has 0 fully saturated rings. The number of H-pyrrole nitrogens is 1. The van der Waals surface area contributed by atoms with Crippen molar-refractivity contribution in [2.75, 3.05) is 6.54 Å². The van der Waals surface area contributed by atoms with Gasteiger partial charge in [0.2, 0.25) is 0 Å². The van der Waals surface area contributed by atoms with Gasteiger partial charge in [0, 0.05) is 25.9 Å². The molecule has 1 aromatic rings. The van der Waals surface area contributed by atoms with E-state index in [2.05, 4.69) is 29.1 Å². The van der Waals surface area contributed by atoms with Crippen molar-refractivity contribution in [3.8, 4) is 0 Å².